The minimum Gasteiger partial charge on any atom is -0.351 e. The molecule has 6 nitrogen and oxygen atoms in total. The summed E-state index contributed by atoms with van der Waals surface area (Å²) in [6, 6.07) is 14.4. The average molecular weight is 354 g/mol. The van der Waals surface area contributed by atoms with Gasteiger partial charge in [-0.05, 0) is 23.9 Å². The third-order valence-electron chi connectivity index (χ3n) is 3.87. The number of guanidine groups is 1. The molecule has 130 valence electrons. The molecule has 0 saturated carbocycles. The monoisotopic (exact) mass is 354 g/mol. The van der Waals surface area contributed by atoms with Crippen LogP contribution in [0, 0.1) is 6.92 Å². The first-order chi connectivity index (χ1) is 12.2. The second-order valence-electron chi connectivity index (χ2n) is 5.66. The Balaban J connectivity index is 1.65. The van der Waals surface area contributed by atoms with E-state index in [1.54, 1.807) is 11.3 Å². The minimum atomic E-state index is 0.572. The smallest absolute Gasteiger partial charge is 0.192 e. The zero-order chi connectivity index (χ0) is 17.5. The molecule has 0 radical (unpaired) electrons. The van der Waals surface area contributed by atoms with Gasteiger partial charge in [0.25, 0.3) is 0 Å². The second-order valence-corrected chi connectivity index (χ2v) is 6.69. The molecule has 0 amide bonds. The van der Waals surface area contributed by atoms with Crippen LogP contribution in [0.25, 0.3) is 0 Å². The van der Waals surface area contributed by atoms with Crippen LogP contribution < -0.4 is 10.6 Å². The van der Waals surface area contributed by atoms with Crippen molar-refractivity contribution in [3.05, 3.63) is 69.9 Å². The highest BCUT2D eigenvalue weighted by atomic mass is 32.1. The first kappa shape index (κ1) is 17.2. The number of nitrogens with one attached hydrogen (secondary N) is 2. The molecule has 2 aromatic heterocycles. The number of hydrogen-bond donors (Lipinski definition) is 2. The van der Waals surface area contributed by atoms with Crippen molar-refractivity contribution in [3.63, 3.8) is 0 Å². The van der Waals surface area contributed by atoms with Gasteiger partial charge in [-0.25, -0.2) is 4.99 Å². The van der Waals surface area contributed by atoms with E-state index in [1.165, 1.54) is 10.4 Å². The average Bonchev–Trinajstić information content (AvgIpc) is 3.27. The summed E-state index contributed by atoms with van der Waals surface area (Å²) >= 11 is 1.73. The van der Waals surface area contributed by atoms with E-state index in [0.29, 0.717) is 13.1 Å². The third kappa shape index (κ3) is 4.90. The zero-order valence-electron chi connectivity index (χ0n) is 14.4. The van der Waals surface area contributed by atoms with E-state index in [9.17, 15) is 0 Å². The van der Waals surface area contributed by atoms with Gasteiger partial charge in [-0.1, -0.05) is 36.4 Å². The van der Waals surface area contributed by atoms with E-state index in [4.69, 9.17) is 0 Å². The van der Waals surface area contributed by atoms with Gasteiger partial charge in [0.1, 0.15) is 5.82 Å². The highest BCUT2D eigenvalue weighted by Crippen LogP contribution is 2.07. The van der Waals surface area contributed by atoms with Crippen molar-refractivity contribution in [1.29, 1.82) is 0 Å². The van der Waals surface area contributed by atoms with Gasteiger partial charge in [0, 0.05) is 11.9 Å². The largest absolute Gasteiger partial charge is 0.351 e. The molecule has 0 atom stereocenters. The topological polar surface area (TPSA) is 67.1 Å². The molecule has 0 aliphatic rings. The van der Waals surface area contributed by atoms with Gasteiger partial charge in [0.15, 0.2) is 11.8 Å². The number of aromatic nitrogens is 3. The van der Waals surface area contributed by atoms with Gasteiger partial charge in [-0.3, -0.25) is 0 Å². The highest BCUT2D eigenvalue weighted by Gasteiger charge is 2.06. The van der Waals surface area contributed by atoms with Crippen LogP contribution in [0.1, 0.15) is 22.1 Å². The van der Waals surface area contributed by atoms with Gasteiger partial charge in [0.2, 0.25) is 0 Å². The summed E-state index contributed by atoms with van der Waals surface area (Å²) in [7, 11) is 1.96. The van der Waals surface area contributed by atoms with E-state index in [0.717, 1.165) is 24.2 Å². The van der Waals surface area contributed by atoms with Crippen LogP contribution in [-0.2, 0) is 26.7 Å². The molecule has 25 heavy (non-hydrogen) atoms. The number of thiophene rings is 1. The predicted octanol–water partition coefficient (Wildman–Crippen LogP) is 2.62. The Hall–Kier alpha value is -2.67. The van der Waals surface area contributed by atoms with Crippen molar-refractivity contribution in [2.75, 3.05) is 0 Å². The van der Waals surface area contributed by atoms with Gasteiger partial charge in [-0.15, -0.1) is 21.5 Å². The molecule has 0 aliphatic heterocycles. The number of rotatable bonds is 6. The fourth-order valence-corrected chi connectivity index (χ4v) is 2.92. The Labute approximate surface area is 151 Å². The maximum absolute atomic E-state index is 4.69. The molecule has 0 fully saturated rings. The quantitative estimate of drug-likeness (QED) is 0.527. The molecule has 2 heterocycles. The van der Waals surface area contributed by atoms with Crippen LogP contribution in [0.2, 0.25) is 0 Å². The van der Waals surface area contributed by atoms with E-state index < -0.39 is 0 Å². The van der Waals surface area contributed by atoms with Crippen molar-refractivity contribution < 1.29 is 0 Å². The summed E-state index contributed by atoms with van der Waals surface area (Å²) in [5.74, 6) is 2.53. The number of nitrogens with zero attached hydrogens (tertiary/aromatic N) is 4. The van der Waals surface area contributed by atoms with Crippen molar-refractivity contribution >= 4 is 17.3 Å². The fourth-order valence-electron chi connectivity index (χ4n) is 2.28. The molecule has 0 bridgehead atoms. The van der Waals surface area contributed by atoms with E-state index in [-0.39, 0.29) is 0 Å². The van der Waals surface area contributed by atoms with Gasteiger partial charge >= 0.3 is 0 Å². The van der Waals surface area contributed by atoms with Crippen LogP contribution in [0.5, 0.6) is 0 Å². The van der Waals surface area contributed by atoms with Crippen molar-refractivity contribution in [2.24, 2.45) is 12.0 Å². The minimum absolute atomic E-state index is 0.572. The fraction of sp³-hybridized carbons (Fsp3) is 0.278. The lowest BCUT2D eigenvalue weighted by molar-refractivity contribution is 0.715. The highest BCUT2D eigenvalue weighted by molar-refractivity contribution is 7.09. The normalized spacial score (nSPS) is 11.5. The van der Waals surface area contributed by atoms with Crippen molar-refractivity contribution in [3.8, 4) is 0 Å². The van der Waals surface area contributed by atoms with Crippen LogP contribution in [0.4, 0.5) is 0 Å². The first-order valence-electron chi connectivity index (χ1n) is 8.16. The zero-order valence-corrected chi connectivity index (χ0v) is 15.3. The maximum atomic E-state index is 4.69. The molecule has 1 aromatic carbocycles. The molecule has 0 spiro atoms. The summed E-state index contributed by atoms with van der Waals surface area (Å²) in [4.78, 5) is 5.95. The molecular formula is C18H22N6S. The molecule has 2 N–H and O–H groups in total. The standard InChI is InChI=1S/C18H22N6S/c1-14-22-23-17(24(14)2)13-21-18(20-12-16-9-6-10-25-16)19-11-15-7-4-3-5-8-15/h3-10H,11-13H2,1-2H3,(H2,19,20,21). The first-order valence-corrected chi connectivity index (χ1v) is 9.03. The maximum Gasteiger partial charge on any atom is 0.192 e. The Kier molecular flexibility index (Phi) is 5.79. The second kappa shape index (κ2) is 8.43. The summed E-state index contributed by atoms with van der Waals surface area (Å²) in [6.07, 6.45) is 0. The number of hydrogen-bond acceptors (Lipinski definition) is 4. The molecule has 0 aliphatic carbocycles. The number of aryl methyl sites for hydroxylation is 1. The van der Waals surface area contributed by atoms with E-state index in [1.807, 2.05) is 36.7 Å². The van der Waals surface area contributed by atoms with Crippen LogP contribution in [-0.4, -0.2) is 20.7 Å². The summed E-state index contributed by atoms with van der Waals surface area (Å²) in [5.41, 5.74) is 1.18. The molecule has 7 heteroatoms. The number of aliphatic imine (C=N–C) groups is 1. The van der Waals surface area contributed by atoms with Crippen LogP contribution in [0.15, 0.2) is 52.8 Å². The Morgan fingerprint density at radius 2 is 1.88 bits per heavy atom. The molecule has 0 unspecified atom stereocenters. The van der Waals surface area contributed by atoms with Crippen LogP contribution in [0.3, 0.4) is 0 Å². The lowest BCUT2D eigenvalue weighted by atomic mass is 10.2. The van der Waals surface area contributed by atoms with Gasteiger partial charge in [-0.2, -0.15) is 0 Å². The molecule has 3 rings (SSSR count). The summed E-state index contributed by atoms with van der Waals surface area (Å²) in [5, 5.41) is 17.1. The molecular weight excluding hydrogens is 332 g/mol. The van der Waals surface area contributed by atoms with E-state index >= 15 is 0 Å². The SMILES string of the molecule is Cc1nnc(CNC(=NCc2ccccc2)NCc2cccs2)n1C. The lowest BCUT2D eigenvalue weighted by Gasteiger charge is -2.12. The Bertz CT molecular complexity index is 807. The summed E-state index contributed by atoms with van der Waals surface area (Å²) in [6.45, 7) is 3.88. The molecule has 3 aromatic rings. The van der Waals surface area contributed by atoms with Gasteiger partial charge < -0.3 is 15.2 Å². The van der Waals surface area contributed by atoms with E-state index in [2.05, 4.69) is 55.5 Å². The Morgan fingerprint density at radius 3 is 2.56 bits per heavy atom. The van der Waals surface area contributed by atoms with Crippen molar-refractivity contribution in [1.82, 2.24) is 25.4 Å². The Morgan fingerprint density at radius 1 is 1.08 bits per heavy atom. The van der Waals surface area contributed by atoms with Crippen molar-refractivity contribution in [2.45, 2.75) is 26.6 Å². The molecule has 0 saturated heterocycles. The predicted molar refractivity (Wildman–Crippen MR) is 101 cm³/mol. The third-order valence-corrected chi connectivity index (χ3v) is 4.75. The summed E-state index contributed by atoms with van der Waals surface area (Å²) < 4.78 is 1.97. The van der Waals surface area contributed by atoms with Gasteiger partial charge in [0.05, 0.1) is 19.6 Å². The number of benzene rings is 1. The van der Waals surface area contributed by atoms with Crippen LogP contribution >= 0.6 is 11.3 Å². The lowest BCUT2D eigenvalue weighted by Crippen LogP contribution is -2.37.